The van der Waals surface area contributed by atoms with Crippen molar-refractivity contribution >= 4 is 40.5 Å². The Morgan fingerprint density at radius 3 is 2.57 bits per heavy atom. The number of nitrogens with one attached hydrogen (secondary N) is 1. The Morgan fingerprint density at radius 2 is 1.96 bits per heavy atom. The van der Waals surface area contributed by atoms with E-state index in [4.69, 9.17) is 21.1 Å². The van der Waals surface area contributed by atoms with Crippen LogP contribution in [0.2, 0.25) is 5.02 Å². The van der Waals surface area contributed by atoms with Crippen LogP contribution in [0.15, 0.2) is 48.5 Å². The molecule has 0 spiro atoms. The van der Waals surface area contributed by atoms with E-state index in [0.717, 1.165) is 22.9 Å². The van der Waals surface area contributed by atoms with Crippen LogP contribution < -0.4 is 10.1 Å². The summed E-state index contributed by atoms with van der Waals surface area (Å²) in [6, 6.07) is 14.3. The smallest absolute Gasteiger partial charge is 0.303 e. The standard InChI is InChI=1S/C20H18ClNO5S/c1-12(23)27-17(14-3-2-4-15(21)10-14)11-26-16-7-5-13(6-8-16)9-18-19(24)22-20(25)28-18/h2-8,10,17-18H,9,11H2,1H3,(H,22,24,25)/t17-,18?/m1/s1. The molecule has 0 radical (unpaired) electrons. The number of rotatable bonds is 7. The van der Waals surface area contributed by atoms with Crippen LogP contribution in [0.5, 0.6) is 5.75 Å². The third-order valence-electron chi connectivity index (χ3n) is 4.04. The second kappa shape index (κ2) is 9.12. The van der Waals surface area contributed by atoms with Crippen molar-refractivity contribution in [1.82, 2.24) is 5.32 Å². The van der Waals surface area contributed by atoms with Crippen LogP contribution in [0.4, 0.5) is 4.79 Å². The highest BCUT2D eigenvalue weighted by Gasteiger charge is 2.31. The van der Waals surface area contributed by atoms with Crippen molar-refractivity contribution in [3.63, 3.8) is 0 Å². The molecule has 1 aliphatic rings. The van der Waals surface area contributed by atoms with Gasteiger partial charge in [0.1, 0.15) is 12.4 Å². The maximum absolute atomic E-state index is 11.7. The van der Waals surface area contributed by atoms with Crippen molar-refractivity contribution in [2.24, 2.45) is 0 Å². The molecule has 2 aromatic carbocycles. The fourth-order valence-corrected chi connectivity index (χ4v) is 3.80. The average molecular weight is 420 g/mol. The molecule has 1 saturated heterocycles. The molecule has 146 valence electrons. The molecule has 0 bridgehead atoms. The number of ether oxygens (including phenoxy) is 2. The van der Waals surface area contributed by atoms with Gasteiger partial charge in [0.15, 0.2) is 6.10 Å². The Hall–Kier alpha value is -2.51. The molecule has 0 saturated carbocycles. The molecule has 1 unspecified atom stereocenters. The molecule has 3 rings (SSSR count). The molecule has 0 aromatic heterocycles. The topological polar surface area (TPSA) is 81.7 Å². The number of benzene rings is 2. The van der Waals surface area contributed by atoms with Crippen molar-refractivity contribution in [1.29, 1.82) is 0 Å². The van der Waals surface area contributed by atoms with Crippen LogP contribution in [0.25, 0.3) is 0 Å². The van der Waals surface area contributed by atoms with E-state index in [9.17, 15) is 14.4 Å². The highest BCUT2D eigenvalue weighted by atomic mass is 35.5. The van der Waals surface area contributed by atoms with Crippen LogP contribution in [0, 0.1) is 0 Å². The van der Waals surface area contributed by atoms with Gasteiger partial charge in [-0.2, -0.15) is 0 Å². The Kier molecular flexibility index (Phi) is 6.59. The zero-order valence-corrected chi connectivity index (χ0v) is 16.6. The van der Waals surface area contributed by atoms with E-state index in [1.165, 1.54) is 6.92 Å². The quantitative estimate of drug-likeness (QED) is 0.685. The number of imide groups is 1. The summed E-state index contributed by atoms with van der Waals surface area (Å²) < 4.78 is 11.1. The first-order valence-electron chi connectivity index (χ1n) is 8.56. The summed E-state index contributed by atoms with van der Waals surface area (Å²) in [7, 11) is 0. The number of hydrogen-bond donors (Lipinski definition) is 1. The van der Waals surface area contributed by atoms with E-state index >= 15 is 0 Å². The average Bonchev–Trinajstić information content (AvgIpc) is 2.96. The molecule has 6 nitrogen and oxygen atoms in total. The zero-order chi connectivity index (χ0) is 20.1. The predicted octanol–water partition coefficient (Wildman–Crippen LogP) is 3.92. The summed E-state index contributed by atoms with van der Waals surface area (Å²) in [6.45, 7) is 1.48. The fourth-order valence-electron chi connectivity index (χ4n) is 2.74. The van der Waals surface area contributed by atoms with Gasteiger partial charge in [-0.3, -0.25) is 19.7 Å². The molecule has 8 heteroatoms. The Bertz CT molecular complexity index is 886. The lowest BCUT2D eigenvalue weighted by Gasteiger charge is -2.18. The summed E-state index contributed by atoms with van der Waals surface area (Å²) in [6.07, 6.45) is -0.123. The predicted molar refractivity (Wildman–Crippen MR) is 107 cm³/mol. The Labute approximate surface area is 171 Å². The van der Waals surface area contributed by atoms with Gasteiger partial charge in [-0.25, -0.2) is 0 Å². The molecular weight excluding hydrogens is 402 g/mol. The van der Waals surface area contributed by atoms with Gasteiger partial charge in [-0.1, -0.05) is 47.6 Å². The summed E-state index contributed by atoms with van der Waals surface area (Å²) in [5, 5.41) is 2.10. The number of carbonyl (C=O) groups excluding carboxylic acids is 3. The van der Waals surface area contributed by atoms with Gasteiger partial charge in [0.2, 0.25) is 5.91 Å². The van der Waals surface area contributed by atoms with E-state index in [1.54, 1.807) is 30.3 Å². The second-order valence-corrected chi connectivity index (χ2v) is 7.81. The normalized spacial score (nSPS) is 17.1. The van der Waals surface area contributed by atoms with Crippen molar-refractivity contribution < 1.29 is 23.9 Å². The van der Waals surface area contributed by atoms with Crippen molar-refractivity contribution in [3.05, 3.63) is 64.7 Å². The van der Waals surface area contributed by atoms with Gasteiger partial charge in [-0.15, -0.1) is 0 Å². The van der Waals surface area contributed by atoms with Crippen molar-refractivity contribution in [2.45, 2.75) is 24.7 Å². The first-order chi connectivity index (χ1) is 13.4. The number of hydrogen-bond acceptors (Lipinski definition) is 6. The molecular formula is C20H18ClNO5S. The maximum atomic E-state index is 11.7. The number of halogens is 1. The molecule has 0 aliphatic carbocycles. The van der Waals surface area contributed by atoms with Crippen LogP contribution >= 0.6 is 23.4 Å². The van der Waals surface area contributed by atoms with Crippen molar-refractivity contribution in [3.8, 4) is 5.75 Å². The minimum absolute atomic E-state index is 0.134. The van der Waals surface area contributed by atoms with Gasteiger partial charge in [-0.05, 0) is 41.8 Å². The zero-order valence-electron chi connectivity index (χ0n) is 15.0. The largest absolute Gasteiger partial charge is 0.489 e. The van der Waals surface area contributed by atoms with Crippen LogP contribution in [0.1, 0.15) is 24.2 Å². The van der Waals surface area contributed by atoms with Crippen molar-refractivity contribution in [2.75, 3.05) is 6.61 Å². The minimum Gasteiger partial charge on any atom is -0.489 e. The second-order valence-electron chi connectivity index (χ2n) is 6.20. The number of amides is 2. The Morgan fingerprint density at radius 1 is 1.21 bits per heavy atom. The number of esters is 1. The van der Waals surface area contributed by atoms with Crippen LogP contribution in [0.3, 0.4) is 0 Å². The Balaban J connectivity index is 1.61. The summed E-state index contributed by atoms with van der Waals surface area (Å²) in [5.74, 6) is -0.0746. The SMILES string of the molecule is CC(=O)O[C@H](COc1ccc(CC2SC(=O)NC2=O)cc1)c1cccc(Cl)c1. The lowest BCUT2D eigenvalue weighted by Crippen LogP contribution is -2.25. The van der Waals surface area contributed by atoms with Gasteiger partial charge in [0.05, 0.1) is 5.25 Å². The number of thioether (sulfide) groups is 1. The summed E-state index contributed by atoms with van der Waals surface area (Å²) >= 11 is 7.02. The van der Waals surface area contributed by atoms with Gasteiger partial charge in [0.25, 0.3) is 5.24 Å². The lowest BCUT2D eigenvalue weighted by atomic mass is 10.1. The van der Waals surface area contributed by atoms with Gasteiger partial charge < -0.3 is 9.47 Å². The van der Waals surface area contributed by atoms with Gasteiger partial charge in [0, 0.05) is 11.9 Å². The third-order valence-corrected chi connectivity index (χ3v) is 5.26. The molecule has 2 atom stereocenters. The van der Waals surface area contributed by atoms with E-state index in [-0.39, 0.29) is 17.8 Å². The first kappa shape index (κ1) is 20.2. The molecule has 2 aromatic rings. The maximum Gasteiger partial charge on any atom is 0.303 e. The number of carbonyl (C=O) groups is 3. The van der Waals surface area contributed by atoms with Crippen LogP contribution in [-0.4, -0.2) is 29.0 Å². The fraction of sp³-hybridized carbons (Fsp3) is 0.250. The summed E-state index contributed by atoms with van der Waals surface area (Å²) in [5.41, 5.74) is 1.66. The minimum atomic E-state index is -0.583. The lowest BCUT2D eigenvalue weighted by molar-refractivity contribution is -0.148. The molecule has 1 heterocycles. The van der Waals surface area contributed by atoms with Gasteiger partial charge >= 0.3 is 5.97 Å². The molecule has 1 aliphatic heterocycles. The summed E-state index contributed by atoms with van der Waals surface area (Å²) in [4.78, 5) is 34.3. The highest BCUT2D eigenvalue weighted by molar-refractivity contribution is 8.15. The molecule has 28 heavy (non-hydrogen) atoms. The first-order valence-corrected chi connectivity index (χ1v) is 9.82. The van der Waals surface area contributed by atoms with Crippen LogP contribution in [-0.2, 0) is 20.7 Å². The van der Waals surface area contributed by atoms with E-state index in [2.05, 4.69) is 5.32 Å². The molecule has 1 N–H and O–H groups in total. The molecule has 1 fully saturated rings. The molecule has 2 amide bonds. The van der Waals surface area contributed by atoms with E-state index < -0.39 is 17.3 Å². The monoisotopic (exact) mass is 419 g/mol. The highest BCUT2D eigenvalue weighted by Crippen LogP contribution is 2.25. The van der Waals surface area contributed by atoms with E-state index in [0.29, 0.717) is 17.2 Å². The third kappa shape index (κ3) is 5.50. The van der Waals surface area contributed by atoms with E-state index in [1.807, 2.05) is 18.2 Å².